The van der Waals surface area contributed by atoms with Crippen molar-refractivity contribution in [2.24, 2.45) is 0 Å². The van der Waals surface area contributed by atoms with E-state index >= 15 is 0 Å². The SMILES string of the molecule is O=C(COc1ccccc1)n1cc(C2CCNCC2)c2ncccc21. The predicted molar refractivity (Wildman–Crippen MR) is 97.1 cm³/mol. The number of para-hydroxylation sites is 1. The molecule has 25 heavy (non-hydrogen) atoms. The molecule has 1 N–H and O–H groups in total. The first-order valence-electron chi connectivity index (χ1n) is 8.70. The number of carbonyl (C=O) groups excluding carboxylic acids is 1. The van der Waals surface area contributed by atoms with Gasteiger partial charge < -0.3 is 10.1 Å². The Bertz CT molecular complexity index is 867. The Balaban J connectivity index is 1.61. The highest BCUT2D eigenvalue weighted by Gasteiger charge is 2.22. The number of hydrogen-bond acceptors (Lipinski definition) is 4. The highest BCUT2D eigenvalue weighted by atomic mass is 16.5. The number of fused-ring (bicyclic) bond motifs is 1. The lowest BCUT2D eigenvalue weighted by molar-refractivity contribution is 0.0843. The van der Waals surface area contributed by atoms with Gasteiger partial charge in [0.05, 0.1) is 11.0 Å². The zero-order chi connectivity index (χ0) is 17.1. The van der Waals surface area contributed by atoms with Crippen molar-refractivity contribution in [2.75, 3.05) is 19.7 Å². The molecule has 0 spiro atoms. The van der Waals surface area contributed by atoms with Gasteiger partial charge in [-0.05, 0) is 61.7 Å². The first-order chi connectivity index (χ1) is 12.3. The number of carbonyl (C=O) groups is 1. The van der Waals surface area contributed by atoms with Crippen LogP contribution in [0, 0.1) is 0 Å². The van der Waals surface area contributed by atoms with Gasteiger partial charge in [-0.1, -0.05) is 18.2 Å². The summed E-state index contributed by atoms with van der Waals surface area (Å²) in [6.07, 6.45) is 5.90. The second-order valence-electron chi connectivity index (χ2n) is 6.35. The maximum atomic E-state index is 12.7. The van der Waals surface area contributed by atoms with Gasteiger partial charge in [-0.3, -0.25) is 14.3 Å². The molecule has 2 aromatic heterocycles. The average molecular weight is 335 g/mol. The minimum atomic E-state index is -0.0814. The molecular weight excluding hydrogens is 314 g/mol. The predicted octanol–water partition coefficient (Wildman–Crippen LogP) is 3.22. The second-order valence-corrected chi connectivity index (χ2v) is 6.35. The maximum absolute atomic E-state index is 12.7. The van der Waals surface area contributed by atoms with Crippen molar-refractivity contribution in [1.29, 1.82) is 0 Å². The third-order valence-electron chi connectivity index (χ3n) is 4.74. The summed E-state index contributed by atoms with van der Waals surface area (Å²) in [5.41, 5.74) is 2.96. The van der Waals surface area contributed by atoms with Gasteiger partial charge >= 0.3 is 0 Å². The molecule has 5 heteroatoms. The van der Waals surface area contributed by atoms with E-state index < -0.39 is 0 Å². The van der Waals surface area contributed by atoms with Crippen LogP contribution in [0.4, 0.5) is 0 Å². The first-order valence-corrected chi connectivity index (χ1v) is 8.70. The normalized spacial score (nSPS) is 15.4. The van der Waals surface area contributed by atoms with E-state index in [9.17, 15) is 4.79 Å². The number of ether oxygens (including phenoxy) is 1. The summed E-state index contributed by atoms with van der Waals surface area (Å²) in [7, 11) is 0. The van der Waals surface area contributed by atoms with Gasteiger partial charge in [0.2, 0.25) is 0 Å². The summed E-state index contributed by atoms with van der Waals surface area (Å²) >= 11 is 0. The summed E-state index contributed by atoms with van der Waals surface area (Å²) < 4.78 is 7.32. The Morgan fingerprint density at radius 3 is 2.76 bits per heavy atom. The Labute approximate surface area is 146 Å². The third kappa shape index (κ3) is 3.28. The fraction of sp³-hybridized carbons (Fsp3) is 0.300. The minimum Gasteiger partial charge on any atom is -0.484 e. The molecule has 0 saturated carbocycles. The molecule has 3 aromatic rings. The number of benzene rings is 1. The van der Waals surface area contributed by atoms with Crippen LogP contribution in [-0.2, 0) is 0 Å². The van der Waals surface area contributed by atoms with E-state index in [0.717, 1.165) is 37.0 Å². The van der Waals surface area contributed by atoms with E-state index in [1.807, 2.05) is 48.7 Å². The first kappa shape index (κ1) is 15.8. The molecule has 1 aliphatic heterocycles. The van der Waals surface area contributed by atoms with E-state index in [1.165, 1.54) is 5.56 Å². The van der Waals surface area contributed by atoms with Crippen LogP contribution in [0.1, 0.15) is 29.1 Å². The fourth-order valence-electron chi connectivity index (χ4n) is 3.45. The number of aromatic nitrogens is 2. The van der Waals surface area contributed by atoms with Crippen LogP contribution in [0.3, 0.4) is 0 Å². The largest absolute Gasteiger partial charge is 0.484 e. The van der Waals surface area contributed by atoms with Crippen molar-refractivity contribution in [2.45, 2.75) is 18.8 Å². The maximum Gasteiger partial charge on any atom is 0.269 e. The minimum absolute atomic E-state index is 0.00828. The molecule has 0 unspecified atom stereocenters. The zero-order valence-electron chi connectivity index (χ0n) is 14.0. The highest BCUT2D eigenvalue weighted by Crippen LogP contribution is 2.31. The van der Waals surface area contributed by atoms with Crippen LogP contribution in [0.15, 0.2) is 54.9 Å². The summed E-state index contributed by atoms with van der Waals surface area (Å²) in [6.45, 7) is 2.03. The van der Waals surface area contributed by atoms with Gasteiger partial charge in [-0.25, -0.2) is 0 Å². The standard InChI is InChI=1S/C20H21N3O2/c24-19(14-25-16-5-2-1-3-6-16)23-13-17(15-8-11-21-12-9-15)20-18(23)7-4-10-22-20/h1-7,10,13,15,21H,8-9,11-12,14H2. The van der Waals surface area contributed by atoms with E-state index in [-0.39, 0.29) is 12.5 Å². The van der Waals surface area contributed by atoms with Crippen molar-refractivity contribution in [3.8, 4) is 5.75 Å². The molecule has 4 rings (SSSR count). The van der Waals surface area contributed by atoms with Crippen molar-refractivity contribution in [1.82, 2.24) is 14.9 Å². The average Bonchev–Trinajstić information content (AvgIpc) is 3.07. The summed E-state index contributed by atoms with van der Waals surface area (Å²) in [5.74, 6) is 1.06. The molecule has 128 valence electrons. The molecule has 0 atom stereocenters. The van der Waals surface area contributed by atoms with Gasteiger partial charge in [-0.2, -0.15) is 0 Å². The van der Waals surface area contributed by atoms with E-state index in [4.69, 9.17) is 4.74 Å². The molecule has 0 bridgehead atoms. The summed E-state index contributed by atoms with van der Waals surface area (Å²) in [4.78, 5) is 17.3. The van der Waals surface area contributed by atoms with Crippen LogP contribution < -0.4 is 10.1 Å². The lowest BCUT2D eigenvalue weighted by Crippen LogP contribution is -2.26. The Hall–Kier alpha value is -2.66. The molecule has 3 heterocycles. The molecule has 0 aliphatic carbocycles. The Morgan fingerprint density at radius 2 is 1.96 bits per heavy atom. The number of hydrogen-bond donors (Lipinski definition) is 1. The van der Waals surface area contributed by atoms with Crippen LogP contribution in [0.5, 0.6) is 5.75 Å². The van der Waals surface area contributed by atoms with Crippen molar-refractivity contribution >= 4 is 16.9 Å². The monoisotopic (exact) mass is 335 g/mol. The Morgan fingerprint density at radius 1 is 1.16 bits per heavy atom. The quantitative estimate of drug-likeness (QED) is 0.795. The topological polar surface area (TPSA) is 56.1 Å². The lowest BCUT2D eigenvalue weighted by atomic mass is 9.91. The van der Waals surface area contributed by atoms with Gasteiger partial charge in [0.15, 0.2) is 6.61 Å². The summed E-state index contributed by atoms with van der Waals surface area (Å²) in [6, 6.07) is 13.2. The summed E-state index contributed by atoms with van der Waals surface area (Å²) in [5, 5.41) is 3.39. The molecule has 0 radical (unpaired) electrons. The molecule has 1 aromatic carbocycles. The van der Waals surface area contributed by atoms with Crippen LogP contribution in [0.2, 0.25) is 0 Å². The van der Waals surface area contributed by atoms with Crippen molar-refractivity contribution < 1.29 is 9.53 Å². The van der Waals surface area contributed by atoms with Gasteiger partial charge in [0.25, 0.3) is 5.91 Å². The number of nitrogens with zero attached hydrogens (tertiary/aromatic N) is 2. The fourth-order valence-corrected chi connectivity index (χ4v) is 3.45. The number of nitrogens with one attached hydrogen (secondary N) is 1. The Kier molecular flexibility index (Phi) is 4.48. The molecule has 1 aliphatic rings. The van der Waals surface area contributed by atoms with E-state index in [0.29, 0.717) is 11.7 Å². The number of rotatable bonds is 4. The molecular formula is C20H21N3O2. The number of pyridine rings is 1. The smallest absolute Gasteiger partial charge is 0.269 e. The van der Waals surface area contributed by atoms with Crippen molar-refractivity contribution in [3.63, 3.8) is 0 Å². The van der Waals surface area contributed by atoms with E-state index in [2.05, 4.69) is 10.3 Å². The van der Waals surface area contributed by atoms with Crippen LogP contribution in [0.25, 0.3) is 11.0 Å². The van der Waals surface area contributed by atoms with Gasteiger partial charge in [0, 0.05) is 12.4 Å². The zero-order valence-corrected chi connectivity index (χ0v) is 14.0. The van der Waals surface area contributed by atoms with Crippen molar-refractivity contribution in [3.05, 3.63) is 60.4 Å². The lowest BCUT2D eigenvalue weighted by Gasteiger charge is -2.21. The molecule has 0 amide bonds. The number of piperidine rings is 1. The second kappa shape index (κ2) is 7.07. The molecule has 5 nitrogen and oxygen atoms in total. The third-order valence-corrected chi connectivity index (χ3v) is 4.74. The van der Waals surface area contributed by atoms with Crippen LogP contribution >= 0.6 is 0 Å². The van der Waals surface area contributed by atoms with Crippen LogP contribution in [-0.4, -0.2) is 35.2 Å². The molecule has 1 fully saturated rings. The van der Waals surface area contributed by atoms with E-state index in [1.54, 1.807) is 10.8 Å². The van der Waals surface area contributed by atoms with Gasteiger partial charge in [0.1, 0.15) is 5.75 Å². The van der Waals surface area contributed by atoms with Gasteiger partial charge in [-0.15, -0.1) is 0 Å². The highest BCUT2D eigenvalue weighted by molar-refractivity contribution is 5.93. The molecule has 1 saturated heterocycles.